The van der Waals surface area contributed by atoms with Crippen LogP contribution in [-0.4, -0.2) is 17.6 Å². The number of halogens is 1. The topological polar surface area (TPSA) is 34.1 Å². The van der Waals surface area contributed by atoms with E-state index < -0.39 is 0 Å². The predicted molar refractivity (Wildman–Crippen MR) is 82.6 cm³/mol. The van der Waals surface area contributed by atoms with Gasteiger partial charge in [-0.25, -0.2) is 4.98 Å². The molecule has 1 aromatic heterocycles. The zero-order valence-corrected chi connectivity index (χ0v) is 12.7. The summed E-state index contributed by atoms with van der Waals surface area (Å²) in [5, 5.41) is 7.37. The number of ether oxygens (including phenoxy) is 1. The third-order valence-corrected chi connectivity index (χ3v) is 4.43. The average molecular weight is 309 g/mol. The van der Waals surface area contributed by atoms with Crippen molar-refractivity contribution in [1.29, 1.82) is 0 Å². The number of aromatic nitrogens is 1. The standard InChI is InChI=1S/C15H17ClN2OS/c16-13-3-1-2-4-14(13)19-8-7-15-18-12(10-20-15)9-17-11-5-6-11/h1-4,10-11,17H,5-9H2. The van der Waals surface area contributed by atoms with Gasteiger partial charge >= 0.3 is 0 Å². The first-order chi connectivity index (χ1) is 9.81. The predicted octanol–water partition coefficient (Wildman–Crippen LogP) is 3.67. The van der Waals surface area contributed by atoms with Gasteiger partial charge in [-0.1, -0.05) is 23.7 Å². The molecule has 1 N–H and O–H groups in total. The van der Waals surface area contributed by atoms with E-state index in [4.69, 9.17) is 16.3 Å². The van der Waals surface area contributed by atoms with Gasteiger partial charge in [0.05, 0.1) is 22.3 Å². The van der Waals surface area contributed by atoms with Crippen LogP contribution in [0.25, 0.3) is 0 Å². The molecule has 1 saturated carbocycles. The molecule has 1 aliphatic rings. The molecule has 0 radical (unpaired) electrons. The molecule has 0 saturated heterocycles. The van der Waals surface area contributed by atoms with Gasteiger partial charge in [-0.15, -0.1) is 11.3 Å². The third kappa shape index (κ3) is 3.95. The molecule has 20 heavy (non-hydrogen) atoms. The van der Waals surface area contributed by atoms with Crippen LogP contribution in [0.4, 0.5) is 0 Å². The molecule has 106 valence electrons. The van der Waals surface area contributed by atoms with E-state index in [1.807, 2.05) is 24.3 Å². The Kier molecular flexibility index (Phi) is 4.55. The largest absolute Gasteiger partial charge is 0.492 e. The molecule has 5 heteroatoms. The summed E-state index contributed by atoms with van der Waals surface area (Å²) in [6.45, 7) is 1.49. The Bertz CT molecular complexity index is 569. The first kappa shape index (κ1) is 13.9. The fourth-order valence-electron chi connectivity index (χ4n) is 1.89. The zero-order chi connectivity index (χ0) is 13.8. The molecule has 1 fully saturated rings. The number of thiazole rings is 1. The molecule has 2 aromatic rings. The summed E-state index contributed by atoms with van der Waals surface area (Å²) >= 11 is 7.74. The molecular formula is C15H17ClN2OS. The van der Waals surface area contributed by atoms with Gasteiger partial charge in [0, 0.05) is 24.4 Å². The monoisotopic (exact) mass is 308 g/mol. The summed E-state index contributed by atoms with van der Waals surface area (Å²) in [6, 6.07) is 8.27. The Hall–Kier alpha value is -1.10. The maximum atomic E-state index is 6.04. The van der Waals surface area contributed by atoms with Gasteiger partial charge < -0.3 is 10.1 Å². The van der Waals surface area contributed by atoms with E-state index in [1.54, 1.807) is 11.3 Å². The number of nitrogens with one attached hydrogen (secondary N) is 1. The minimum atomic E-state index is 0.604. The van der Waals surface area contributed by atoms with Crippen LogP contribution < -0.4 is 10.1 Å². The summed E-state index contributed by atoms with van der Waals surface area (Å²) in [5.41, 5.74) is 1.13. The number of rotatable bonds is 7. The maximum absolute atomic E-state index is 6.04. The normalized spacial score (nSPS) is 14.4. The number of hydrogen-bond acceptors (Lipinski definition) is 4. The lowest BCUT2D eigenvalue weighted by molar-refractivity contribution is 0.322. The molecule has 1 heterocycles. The van der Waals surface area contributed by atoms with Crippen LogP contribution in [-0.2, 0) is 13.0 Å². The van der Waals surface area contributed by atoms with Crippen molar-refractivity contribution in [2.75, 3.05) is 6.61 Å². The summed E-state index contributed by atoms with van der Waals surface area (Å²) in [5.74, 6) is 0.737. The van der Waals surface area contributed by atoms with Gasteiger partial charge in [0.1, 0.15) is 5.75 Å². The van der Waals surface area contributed by atoms with Crippen molar-refractivity contribution in [3.63, 3.8) is 0 Å². The second-order valence-electron chi connectivity index (χ2n) is 4.92. The van der Waals surface area contributed by atoms with Crippen LogP contribution in [0.1, 0.15) is 23.5 Å². The highest BCUT2D eigenvalue weighted by Crippen LogP contribution is 2.23. The highest BCUT2D eigenvalue weighted by atomic mass is 35.5. The smallest absolute Gasteiger partial charge is 0.137 e. The van der Waals surface area contributed by atoms with E-state index in [2.05, 4.69) is 15.7 Å². The molecule has 0 unspecified atom stereocenters. The first-order valence-electron chi connectivity index (χ1n) is 6.85. The lowest BCUT2D eigenvalue weighted by atomic mass is 10.3. The minimum absolute atomic E-state index is 0.604. The lowest BCUT2D eigenvalue weighted by Gasteiger charge is -2.06. The zero-order valence-electron chi connectivity index (χ0n) is 11.1. The fourth-order valence-corrected chi connectivity index (χ4v) is 2.86. The van der Waals surface area contributed by atoms with E-state index in [1.165, 1.54) is 12.8 Å². The highest BCUT2D eigenvalue weighted by Gasteiger charge is 2.20. The highest BCUT2D eigenvalue weighted by molar-refractivity contribution is 7.09. The second-order valence-corrected chi connectivity index (χ2v) is 6.27. The number of para-hydroxylation sites is 1. The van der Waals surface area contributed by atoms with E-state index in [9.17, 15) is 0 Å². The van der Waals surface area contributed by atoms with Crippen molar-refractivity contribution in [3.8, 4) is 5.75 Å². The van der Waals surface area contributed by atoms with Crippen molar-refractivity contribution >= 4 is 22.9 Å². The summed E-state index contributed by atoms with van der Waals surface area (Å²) in [7, 11) is 0. The molecule has 0 amide bonds. The Morgan fingerprint density at radius 2 is 2.20 bits per heavy atom. The molecule has 0 aliphatic heterocycles. The third-order valence-electron chi connectivity index (χ3n) is 3.16. The quantitative estimate of drug-likeness (QED) is 0.847. The molecule has 3 rings (SSSR count). The first-order valence-corrected chi connectivity index (χ1v) is 8.11. The summed E-state index contributed by atoms with van der Waals surface area (Å²) in [4.78, 5) is 4.61. The molecule has 1 aromatic carbocycles. The van der Waals surface area contributed by atoms with Crippen molar-refractivity contribution in [1.82, 2.24) is 10.3 Å². The van der Waals surface area contributed by atoms with Crippen LogP contribution in [0.3, 0.4) is 0 Å². The van der Waals surface area contributed by atoms with E-state index >= 15 is 0 Å². The number of hydrogen-bond donors (Lipinski definition) is 1. The Balaban J connectivity index is 1.45. The average Bonchev–Trinajstić information content (AvgIpc) is 3.18. The van der Waals surface area contributed by atoms with E-state index in [0.717, 1.165) is 35.5 Å². The SMILES string of the molecule is Clc1ccccc1OCCc1nc(CNC2CC2)cs1. The Morgan fingerprint density at radius 3 is 3.00 bits per heavy atom. The molecule has 3 nitrogen and oxygen atoms in total. The van der Waals surface area contributed by atoms with Crippen LogP contribution >= 0.6 is 22.9 Å². The van der Waals surface area contributed by atoms with Gasteiger partial charge in [0.25, 0.3) is 0 Å². The van der Waals surface area contributed by atoms with Gasteiger partial charge in [-0.05, 0) is 25.0 Å². The summed E-state index contributed by atoms with van der Waals surface area (Å²) in [6.07, 6.45) is 3.44. The maximum Gasteiger partial charge on any atom is 0.137 e. The number of benzene rings is 1. The van der Waals surface area contributed by atoms with Crippen molar-refractivity contribution in [2.45, 2.75) is 31.8 Å². The lowest BCUT2D eigenvalue weighted by Crippen LogP contribution is -2.15. The van der Waals surface area contributed by atoms with E-state index in [0.29, 0.717) is 11.6 Å². The van der Waals surface area contributed by atoms with Crippen molar-refractivity contribution in [3.05, 3.63) is 45.4 Å². The van der Waals surface area contributed by atoms with Crippen LogP contribution in [0.5, 0.6) is 5.75 Å². The summed E-state index contributed by atoms with van der Waals surface area (Å²) < 4.78 is 5.68. The van der Waals surface area contributed by atoms with Crippen LogP contribution in [0.2, 0.25) is 5.02 Å². The molecular weight excluding hydrogens is 292 g/mol. The fraction of sp³-hybridized carbons (Fsp3) is 0.400. The van der Waals surface area contributed by atoms with E-state index in [-0.39, 0.29) is 0 Å². The van der Waals surface area contributed by atoms with Gasteiger partial charge in [0.2, 0.25) is 0 Å². The van der Waals surface area contributed by atoms with Gasteiger partial charge in [-0.2, -0.15) is 0 Å². The Morgan fingerprint density at radius 1 is 1.35 bits per heavy atom. The van der Waals surface area contributed by atoms with Crippen molar-refractivity contribution < 1.29 is 4.74 Å². The molecule has 1 aliphatic carbocycles. The second kappa shape index (κ2) is 6.57. The molecule has 0 spiro atoms. The molecule has 0 atom stereocenters. The number of nitrogens with zero attached hydrogens (tertiary/aromatic N) is 1. The van der Waals surface area contributed by atoms with Crippen LogP contribution in [0, 0.1) is 0 Å². The van der Waals surface area contributed by atoms with Crippen molar-refractivity contribution in [2.24, 2.45) is 0 Å². The molecule has 0 bridgehead atoms. The van der Waals surface area contributed by atoms with Gasteiger partial charge in [-0.3, -0.25) is 0 Å². The Labute approximate surface area is 127 Å². The van der Waals surface area contributed by atoms with Gasteiger partial charge in [0.15, 0.2) is 0 Å². The van der Waals surface area contributed by atoms with Crippen LogP contribution in [0.15, 0.2) is 29.6 Å². The minimum Gasteiger partial charge on any atom is -0.492 e.